The summed E-state index contributed by atoms with van der Waals surface area (Å²) in [7, 11) is 1.58. The quantitative estimate of drug-likeness (QED) is 0.452. The zero-order valence-corrected chi connectivity index (χ0v) is 17.0. The highest BCUT2D eigenvalue weighted by Crippen LogP contribution is 2.28. The lowest BCUT2D eigenvalue weighted by Crippen LogP contribution is -2.12. The molecule has 0 aliphatic rings. The summed E-state index contributed by atoms with van der Waals surface area (Å²) in [6.07, 6.45) is 0. The number of anilines is 2. The minimum Gasteiger partial charge on any atom is -0.497 e. The summed E-state index contributed by atoms with van der Waals surface area (Å²) in [6, 6.07) is 22.4. The van der Waals surface area contributed by atoms with Crippen molar-refractivity contribution < 1.29 is 9.53 Å². The fraction of sp³-hybridized carbons (Fsp3) is 0.0870. The van der Waals surface area contributed by atoms with Gasteiger partial charge in [-0.3, -0.25) is 4.79 Å². The lowest BCUT2D eigenvalue weighted by atomic mass is 10.1. The van der Waals surface area contributed by atoms with E-state index in [4.69, 9.17) is 16.3 Å². The van der Waals surface area contributed by atoms with Crippen LogP contribution in [-0.4, -0.2) is 23.2 Å². The number of carbonyl (C=O) groups excluding carboxylic acids is 1. The van der Waals surface area contributed by atoms with Crippen LogP contribution in [0.15, 0.2) is 72.8 Å². The Hall–Kier alpha value is -3.64. The fourth-order valence-electron chi connectivity index (χ4n) is 3.08. The molecule has 4 rings (SSSR count). The molecule has 0 atom stereocenters. The lowest BCUT2D eigenvalue weighted by Gasteiger charge is -2.11. The summed E-state index contributed by atoms with van der Waals surface area (Å²) >= 11 is 6.27. The predicted molar refractivity (Wildman–Crippen MR) is 119 cm³/mol. The number of nitrogens with zero attached hydrogens (tertiary/aromatic N) is 2. The highest BCUT2D eigenvalue weighted by Gasteiger charge is 2.13. The van der Waals surface area contributed by atoms with E-state index < -0.39 is 0 Å². The molecule has 1 heterocycles. The molecular weight excluding hydrogens is 400 g/mol. The van der Waals surface area contributed by atoms with Crippen molar-refractivity contribution in [3.63, 3.8) is 0 Å². The van der Waals surface area contributed by atoms with Crippen LogP contribution >= 0.6 is 11.6 Å². The molecule has 0 radical (unpaired) electrons. The maximum absolute atomic E-state index is 12.7. The highest BCUT2D eigenvalue weighted by molar-refractivity contribution is 6.34. The second kappa shape index (κ2) is 8.80. The summed E-state index contributed by atoms with van der Waals surface area (Å²) in [4.78, 5) is 12.7. The van der Waals surface area contributed by atoms with Crippen LogP contribution in [0.3, 0.4) is 0 Å². The van der Waals surface area contributed by atoms with Gasteiger partial charge < -0.3 is 15.4 Å². The lowest BCUT2D eigenvalue weighted by molar-refractivity contribution is 0.102. The fourth-order valence-corrected chi connectivity index (χ4v) is 3.27. The largest absolute Gasteiger partial charge is 0.497 e. The van der Waals surface area contributed by atoms with Crippen molar-refractivity contribution in [2.45, 2.75) is 6.54 Å². The van der Waals surface area contributed by atoms with E-state index in [1.165, 1.54) is 0 Å². The molecule has 6 nitrogen and oxygen atoms in total. The molecule has 0 aliphatic heterocycles. The Labute approximate surface area is 178 Å². The molecule has 150 valence electrons. The van der Waals surface area contributed by atoms with Crippen LogP contribution in [0, 0.1) is 0 Å². The maximum Gasteiger partial charge on any atom is 0.255 e. The normalized spacial score (nSPS) is 10.6. The summed E-state index contributed by atoms with van der Waals surface area (Å²) in [5, 5.41) is 16.0. The number of amides is 1. The van der Waals surface area contributed by atoms with E-state index in [0.29, 0.717) is 34.7 Å². The Morgan fingerprint density at radius 3 is 2.60 bits per heavy atom. The Morgan fingerprint density at radius 1 is 0.967 bits per heavy atom. The third-order valence-electron chi connectivity index (χ3n) is 4.63. The Morgan fingerprint density at radius 2 is 1.80 bits per heavy atom. The molecule has 7 heteroatoms. The van der Waals surface area contributed by atoms with Crippen molar-refractivity contribution in [3.8, 4) is 5.75 Å². The van der Waals surface area contributed by atoms with Gasteiger partial charge >= 0.3 is 0 Å². The van der Waals surface area contributed by atoms with E-state index in [2.05, 4.69) is 20.8 Å². The van der Waals surface area contributed by atoms with Crippen LogP contribution in [0.2, 0.25) is 5.15 Å². The van der Waals surface area contributed by atoms with Crippen LogP contribution in [0.4, 0.5) is 11.5 Å². The predicted octanol–water partition coefficient (Wildman–Crippen LogP) is 5.16. The number of fused-ring (bicyclic) bond motifs is 1. The molecule has 0 unspecified atom stereocenters. The van der Waals surface area contributed by atoms with E-state index >= 15 is 0 Å². The summed E-state index contributed by atoms with van der Waals surface area (Å²) in [5.74, 6) is 1.02. The van der Waals surface area contributed by atoms with E-state index in [-0.39, 0.29) is 11.1 Å². The summed E-state index contributed by atoms with van der Waals surface area (Å²) in [5.41, 5.74) is 2.23. The molecule has 1 amide bonds. The molecular formula is C23H19ClN4O2. The first kappa shape index (κ1) is 19.7. The van der Waals surface area contributed by atoms with Crippen molar-refractivity contribution >= 4 is 39.8 Å². The van der Waals surface area contributed by atoms with Gasteiger partial charge in [-0.05, 0) is 35.9 Å². The Balaban J connectivity index is 1.58. The number of hydrogen-bond donors (Lipinski definition) is 2. The second-order valence-corrected chi connectivity index (χ2v) is 6.98. The van der Waals surface area contributed by atoms with Crippen LogP contribution in [-0.2, 0) is 6.54 Å². The molecule has 0 fully saturated rings. The number of methoxy groups -OCH3 is 1. The van der Waals surface area contributed by atoms with Gasteiger partial charge in [0.25, 0.3) is 5.91 Å². The number of ether oxygens (including phenoxy) is 1. The number of hydrogen-bond acceptors (Lipinski definition) is 5. The molecule has 30 heavy (non-hydrogen) atoms. The van der Waals surface area contributed by atoms with E-state index in [9.17, 15) is 4.79 Å². The topological polar surface area (TPSA) is 76.1 Å². The number of halogens is 1. The first-order chi connectivity index (χ1) is 14.6. The molecule has 4 aromatic rings. The first-order valence-corrected chi connectivity index (χ1v) is 9.71. The van der Waals surface area contributed by atoms with Gasteiger partial charge in [0.15, 0.2) is 11.0 Å². The van der Waals surface area contributed by atoms with Crippen LogP contribution in [0.25, 0.3) is 10.8 Å². The van der Waals surface area contributed by atoms with Gasteiger partial charge in [0.1, 0.15) is 5.75 Å². The Kier molecular flexibility index (Phi) is 5.77. The monoisotopic (exact) mass is 418 g/mol. The number of aromatic nitrogens is 2. The molecule has 0 saturated carbocycles. The number of rotatable bonds is 6. The second-order valence-electron chi connectivity index (χ2n) is 6.63. The van der Waals surface area contributed by atoms with Gasteiger partial charge in [-0.1, -0.05) is 48.0 Å². The average Bonchev–Trinajstić information content (AvgIpc) is 2.79. The van der Waals surface area contributed by atoms with E-state index in [1.54, 1.807) is 31.4 Å². The van der Waals surface area contributed by atoms with E-state index in [1.807, 2.05) is 48.5 Å². The minimum atomic E-state index is -0.253. The smallest absolute Gasteiger partial charge is 0.255 e. The van der Waals surface area contributed by atoms with Gasteiger partial charge in [-0.2, -0.15) is 0 Å². The van der Waals surface area contributed by atoms with Crippen molar-refractivity contribution in [1.29, 1.82) is 0 Å². The van der Waals surface area contributed by atoms with Crippen molar-refractivity contribution in [2.75, 3.05) is 17.7 Å². The maximum atomic E-state index is 12.7. The molecule has 0 saturated heterocycles. The van der Waals surface area contributed by atoms with Gasteiger partial charge in [0.2, 0.25) is 0 Å². The standard InChI is InChI=1S/C23H19ClN4O2/c1-30-18-9-5-8-17(13-18)26-23(29)16-10-11-19-20(12-16)21(24)27-28-22(19)25-14-15-6-3-2-4-7-15/h2-13H,14H2,1H3,(H,25,28)(H,26,29). The zero-order chi connectivity index (χ0) is 20.9. The number of carbonyl (C=O) groups is 1. The molecule has 0 spiro atoms. The molecule has 0 aliphatic carbocycles. The minimum absolute atomic E-state index is 0.242. The Bertz CT molecular complexity index is 1200. The SMILES string of the molecule is COc1cccc(NC(=O)c2ccc3c(NCc4ccccc4)nnc(Cl)c3c2)c1. The molecule has 1 aromatic heterocycles. The first-order valence-electron chi connectivity index (χ1n) is 9.33. The molecule has 0 bridgehead atoms. The number of nitrogens with one attached hydrogen (secondary N) is 2. The van der Waals surface area contributed by atoms with E-state index in [0.717, 1.165) is 10.9 Å². The van der Waals surface area contributed by atoms with Gasteiger partial charge in [-0.15, -0.1) is 10.2 Å². The third kappa shape index (κ3) is 4.34. The van der Waals surface area contributed by atoms with Crippen molar-refractivity contribution in [3.05, 3.63) is 89.1 Å². The van der Waals surface area contributed by atoms with Gasteiger partial charge in [-0.25, -0.2) is 0 Å². The zero-order valence-electron chi connectivity index (χ0n) is 16.2. The van der Waals surface area contributed by atoms with Crippen molar-refractivity contribution in [1.82, 2.24) is 10.2 Å². The van der Waals surface area contributed by atoms with Crippen LogP contribution < -0.4 is 15.4 Å². The van der Waals surface area contributed by atoms with Gasteiger partial charge in [0, 0.05) is 34.6 Å². The molecule has 2 N–H and O–H groups in total. The van der Waals surface area contributed by atoms with Gasteiger partial charge in [0.05, 0.1) is 7.11 Å². The third-order valence-corrected chi connectivity index (χ3v) is 4.91. The highest BCUT2D eigenvalue weighted by atomic mass is 35.5. The van der Waals surface area contributed by atoms with Crippen LogP contribution in [0.5, 0.6) is 5.75 Å². The van der Waals surface area contributed by atoms with Crippen LogP contribution in [0.1, 0.15) is 15.9 Å². The summed E-state index contributed by atoms with van der Waals surface area (Å²) in [6.45, 7) is 0.602. The number of benzene rings is 3. The summed E-state index contributed by atoms with van der Waals surface area (Å²) < 4.78 is 5.19. The van der Waals surface area contributed by atoms with Crippen molar-refractivity contribution in [2.24, 2.45) is 0 Å². The average molecular weight is 419 g/mol. The molecule has 3 aromatic carbocycles.